The number of ether oxygens (including phenoxy) is 1. The highest BCUT2D eigenvalue weighted by Crippen LogP contribution is 2.25. The van der Waals surface area contributed by atoms with Crippen molar-refractivity contribution in [2.24, 2.45) is 7.05 Å². The number of anilines is 1. The molecule has 0 aliphatic carbocycles. The number of nitrogens with one attached hydrogen (secondary N) is 1. The van der Waals surface area contributed by atoms with Crippen molar-refractivity contribution in [1.29, 1.82) is 0 Å². The van der Waals surface area contributed by atoms with Crippen LogP contribution in [-0.4, -0.2) is 15.7 Å². The molecular weight excluding hydrogens is 349 g/mol. The Bertz CT molecular complexity index is 839. The third kappa shape index (κ3) is 3.69. The summed E-state index contributed by atoms with van der Waals surface area (Å²) in [6.45, 7) is 0. The lowest BCUT2D eigenvalue weighted by atomic mass is 10.3. The molecule has 0 atom stereocenters. The molecule has 1 heterocycles. The second kappa shape index (κ2) is 6.95. The Morgan fingerprint density at radius 2 is 1.62 bits per heavy atom. The summed E-state index contributed by atoms with van der Waals surface area (Å²) >= 11 is 11.8. The molecule has 122 valence electrons. The minimum absolute atomic E-state index is 0.303. The van der Waals surface area contributed by atoms with Crippen molar-refractivity contribution in [3.8, 4) is 11.5 Å². The molecule has 24 heavy (non-hydrogen) atoms. The Labute approximate surface area is 148 Å². The summed E-state index contributed by atoms with van der Waals surface area (Å²) in [5.41, 5.74) is 0.930. The summed E-state index contributed by atoms with van der Waals surface area (Å²) < 4.78 is 7.12. The third-order valence-corrected chi connectivity index (χ3v) is 3.80. The van der Waals surface area contributed by atoms with E-state index in [-0.39, 0.29) is 5.91 Å². The average molecular weight is 362 g/mol. The maximum Gasteiger partial charge on any atom is 0.275 e. The predicted octanol–water partition coefficient (Wildman–Crippen LogP) is 4.77. The first-order valence-electron chi connectivity index (χ1n) is 7.05. The topological polar surface area (TPSA) is 56.2 Å². The van der Waals surface area contributed by atoms with Crippen molar-refractivity contribution < 1.29 is 9.53 Å². The fraction of sp³-hybridized carbons (Fsp3) is 0.0588. The highest BCUT2D eigenvalue weighted by Gasteiger charge is 2.15. The second-order valence-corrected chi connectivity index (χ2v) is 5.84. The van der Waals surface area contributed by atoms with Gasteiger partial charge in [0, 0.05) is 17.8 Å². The zero-order valence-corrected chi connectivity index (χ0v) is 14.2. The van der Waals surface area contributed by atoms with Gasteiger partial charge in [-0.3, -0.25) is 9.48 Å². The van der Waals surface area contributed by atoms with Gasteiger partial charge in [0.15, 0.2) is 0 Å². The third-order valence-electron chi connectivity index (χ3n) is 3.27. The fourth-order valence-electron chi connectivity index (χ4n) is 2.10. The van der Waals surface area contributed by atoms with E-state index in [4.69, 9.17) is 27.9 Å². The van der Waals surface area contributed by atoms with E-state index in [9.17, 15) is 4.79 Å². The monoisotopic (exact) mass is 361 g/mol. The van der Waals surface area contributed by atoms with E-state index in [0.717, 1.165) is 0 Å². The number of rotatable bonds is 4. The zero-order valence-electron chi connectivity index (χ0n) is 12.7. The number of nitrogens with zero attached hydrogens (tertiary/aromatic N) is 2. The van der Waals surface area contributed by atoms with Crippen molar-refractivity contribution in [2.75, 3.05) is 5.32 Å². The molecule has 1 aromatic heterocycles. The van der Waals surface area contributed by atoms with Gasteiger partial charge in [0.2, 0.25) is 0 Å². The number of aromatic nitrogens is 2. The van der Waals surface area contributed by atoms with Crippen LogP contribution in [0, 0.1) is 0 Å². The SMILES string of the molecule is Cn1ncc(Cl)c1C(=O)Nc1ccc(Oc2ccc(Cl)cc2)cc1. The smallest absolute Gasteiger partial charge is 0.275 e. The van der Waals surface area contributed by atoms with Crippen molar-refractivity contribution in [1.82, 2.24) is 9.78 Å². The summed E-state index contributed by atoms with van der Waals surface area (Å²) in [5.74, 6) is 0.998. The van der Waals surface area contributed by atoms with Gasteiger partial charge in [-0.05, 0) is 48.5 Å². The van der Waals surface area contributed by atoms with E-state index in [2.05, 4.69) is 10.4 Å². The summed E-state index contributed by atoms with van der Waals surface area (Å²) in [7, 11) is 1.66. The number of hydrogen-bond donors (Lipinski definition) is 1. The van der Waals surface area contributed by atoms with Gasteiger partial charge in [-0.2, -0.15) is 5.10 Å². The first-order valence-corrected chi connectivity index (χ1v) is 7.81. The summed E-state index contributed by atoms with van der Waals surface area (Å²) in [4.78, 5) is 12.2. The molecule has 2 aromatic carbocycles. The predicted molar refractivity (Wildman–Crippen MR) is 94.1 cm³/mol. The molecule has 0 fully saturated rings. The molecule has 0 spiro atoms. The van der Waals surface area contributed by atoms with Crippen LogP contribution in [0.15, 0.2) is 54.7 Å². The molecule has 0 radical (unpaired) electrons. The van der Waals surface area contributed by atoms with E-state index in [1.165, 1.54) is 10.9 Å². The first-order chi connectivity index (χ1) is 11.5. The van der Waals surface area contributed by atoms with Crippen LogP contribution in [0.3, 0.4) is 0 Å². The summed E-state index contributed by atoms with van der Waals surface area (Å²) in [5, 5.41) is 7.66. The van der Waals surface area contributed by atoms with E-state index in [0.29, 0.717) is 32.9 Å². The van der Waals surface area contributed by atoms with Crippen LogP contribution < -0.4 is 10.1 Å². The van der Waals surface area contributed by atoms with Crippen molar-refractivity contribution in [3.05, 3.63) is 70.5 Å². The van der Waals surface area contributed by atoms with Gasteiger partial charge in [-0.25, -0.2) is 0 Å². The van der Waals surface area contributed by atoms with Gasteiger partial charge in [0.25, 0.3) is 5.91 Å². The summed E-state index contributed by atoms with van der Waals surface area (Å²) in [6, 6.07) is 14.1. The van der Waals surface area contributed by atoms with E-state index < -0.39 is 0 Å². The molecule has 0 aliphatic rings. The van der Waals surface area contributed by atoms with Crippen LogP contribution in [0.25, 0.3) is 0 Å². The minimum Gasteiger partial charge on any atom is -0.457 e. The minimum atomic E-state index is -0.327. The quantitative estimate of drug-likeness (QED) is 0.727. The number of aryl methyl sites for hydroxylation is 1. The summed E-state index contributed by atoms with van der Waals surface area (Å²) in [6.07, 6.45) is 1.43. The zero-order chi connectivity index (χ0) is 17.1. The number of carbonyl (C=O) groups is 1. The molecule has 0 aliphatic heterocycles. The van der Waals surface area contributed by atoms with Gasteiger partial charge >= 0.3 is 0 Å². The Morgan fingerprint density at radius 3 is 2.17 bits per heavy atom. The average Bonchev–Trinajstić information content (AvgIpc) is 2.90. The van der Waals surface area contributed by atoms with E-state index >= 15 is 0 Å². The Kier molecular flexibility index (Phi) is 4.74. The largest absolute Gasteiger partial charge is 0.457 e. The number of carbonyl (C=O) groups excluding carboxylic acids is 1. The second-order valence-electron chi connectivity index (χ2n) is 5.00. The maximum absolute atomic E-state index is 12.2. The molecule has 0 saturated heterocycles. The number of halogens is 2. The van der Waals surface area contributed by atoms with E-state index in [1.54, 1.807) is 55.6 Å². The molecule has 0 unspecified atom stereocenters. The van der Waals surface area contributed by atoms with Crippen LogP contribution in [0.1, 0.15) is 10.5 Å². The molecule has 0 bridgehead atoms. The van der Waals surface area contributed by atoms with Gasteiger partial charge in [-0.15, -0.1) is 0 Å². The molecule has 3 aromatic rings. The Morgan fingerprint density at radius 1 is 1.04 bits per heavy atom. The van der Waals surface area contributed by atoms with Crippen molar-refractivity contribution in [2.45, 2.75) is 0 Å². The molecule has 5 nitrogen and oxygen atoms in total. The molecule has 1 N–H and O–H groups in total. The van der Waals surface area contributed by atoms with Crippen LogP contribution >= 0.6 is 23.2 Å². The fourth-order valence-corrected chi connectivity index (χ4v) is 2.48. The number of amides is 1. The van der Waals surface area contributed by atoms with E-state index in [1.807, 2.05) is 0 Å². The van der Waals surface area contributed by atoms with Gasteiger partial charge in [0.1, 0.15) is 17.2 Å². The van der Waals surface area contributed by atoms with Gasteiger partial charge in [-0.1, -0.05) is 23.2 Å². The molecule has 0 saturated carbocycles. The number of hydrogen-bond acceptors (Lipinski definition) is 3. The lowest BCUT2D eigenvalue weighted by Gasteiger charge is -2.08. The van der Waals surface area contributed by atoms with Crippen LogP contribution in [-0.2, 0) is 7.05 Å². The van der Waals surface area contributed by atoms with Crippen LogP contribution in [0.4, 0.5) is 5.69 Å². The highest BCUT2D eigenvalue weighted by molar-refractivity contribution is 6.34. The van der Waals surface area contributed by atoms with Crippen LogP contribution in [0.5, 0.6) is 11.5 Å². The van der Waals surface area contributed by atoms with Crippen LogP contribution in [0.2, 0.25) is 10.0 Å². The Balaban J connectivity index is 1.68. The normalized spacial score (nSPS) is 10.5. The Hall–Kier alpha value is -2.50. The highest BCUT2D eigenvalue weighted by atomic mass is 35.5. The first kappa shape index (κ1) is 16.4. The molecule has 7 heteroatoms. The molecule has 3 rings (SSSR count). The van der Waals surface area contributed by atoms with Gasteiger partial charge < -0.3 is 10.1 Å². The molecule has 1 amide bonds. The maximum atomic E-state index is 12.2. The van der Waals surface area contributed by atoms with Crippen molar-refractivity contribution >= 4 is 34.8 Å². The lowest BCUT2D eigenvalue weighted by Crippen LogP contribution is -2.16. The van der Waals surface area contributed by atoms with Gasteiger partial charge in [0.05, 0.1) is 11.2 Å². The lowest BCUT2D eigenvalue weighted by molar-refractivity contribution is 0.101. The van der Waals surface area contributed by atoms with Crippen molar-refractivity contribution in [3.63, 3.8) is 0 Å². The molecular formula is C17H13Cl2N3O2. The number of benzene rings is 2. The standard InChI is InChI=1S/C17H13Cl2N3O2/c1-22-16(15(19)10-20-22)17(23)21-12-4-8-14(9-5-12)24-13-6-2-11(18)3-7-13/h2-10H,1H3,(H,21,23).